The van der Waals surface area contributed by atoms with E-state index in [1.54, 1.807) is 43.3 Å². The van der Waals surface area contributed by atoms with Crippen LogP contribution >= 0.6 is 11.8 Å². The molecule has 1 heterocycles. The largest absolute Gasteiger partial charge is 0.494 e. The molecule has 3 aromatic rings. The molecule has 0 aliphatic rings. The van der Waals surface area contributed by atoms with Gasteiger partial charge < -0.3 is 15.0 Å². The van der Waals surface area contributed by atoms with Gasteiger partial charge in [0.2, 0.25) is 5.91 Å². The minimum absolute atomic E-state index is 0.0791. The Balaban J connectivity index is 1.62. The fourth-order valence-corrected chi connectivity index (χ4v) is 3.62. The first-order valence-corrected chi connectivity index (χ1v) is 10.4. The molecule has 0 saturated heterocycles. The molecule has 30 heavy (non-hydrogen) atoms. The number of halogens is 1. The Labute approximate surface area is 177 Å². The van der Waals surface area contributed by atoms with Gasteiger partial charge in [-0.25, -0.2) is 9.37 Å². The van der Waals surface area contributed by atoms with Crippen molar-refractivity contribution in [3.63, 3.8) is 0 Å². The maximum atomic E-state index is 13.0. The van der Waals surface area contributed by atoms with E-state index in [4.69, 9.17) is 4.74 Å². The van der Waals surface area contributed by atoms with Crippen LogP contribution in [0.2, 0.25) is 0 Å². The molecule has 2 aromatic carbocycles. The summed E-state index contributed by atoms with van der Waals surface area (Å²) in [5.41, 5.74) is 2.02. The van der Waals surface area contributed by atoms with Crippen molar-refractivity contribution >= 4 is 23.4 Å². The van der Waals surface area contributed by atoms with Crippen molar-refractivity contribution < 1.29 is 13.9 Å². The number of amides is 1. The summed E-state index contributed by atoms with van der Waals surface area (Å²) in [7, 11) is 0. The average Bonchev–Trinajstić information content (AvgIpc) is 2.72. The lowest BCUT2D eigenvalue weighted by atomic mass is 10.1. The molecule has 0 bridgehead atoms. The summed E-state index contributed by atoms with van der Waals surface area (Å²) in [4.78, 5) is 31.9. The summed E-state index contributed by atoms with van der Waals surface area (Å²) in [5.74, 6) is 0.668. The summed E-state index contributed by atoms with van der Waals surface area (Å²) < 4.78 is 18.4. The number of carbonyl (C=O) groups excluding carboxylic acids is 1. The monoisotopic (exact) mass is 427 g/mol. The molecule has 6 nitrogen and oxygen atoms in total. The third kappa shape index (κ3) is 5.93. The fourth-order valence-electron chi connectivity index (χ4n) is 2.76. The van der Waals surface area contributed by atoms with Gasteiger partial charge in [0.05, 0.1) is 13.0 Å². The third-order valence-corrected chi connectivity index (χ3v) is 5.22. The molecule has 0 fully saturated rings. The van der Waals surface area contributed by atoms with Gasteiger partial charge in [-0.2, -0.15) is 0 Å². The molecule has 0 spiro atoms. The Kier molecular flexibility index (Phi) is 7.24. The van der Waals surface area contributed by atoms with E-state index < -0.39 is 0 Å². The minimum Gasteiger partial charge on any atom is -0.494 e. The maximum absolute atomic E-state index is 13.0. The van der Waals surface area contributed by atoms with Crippen molar-refractivity contribution in [3.05, 3.63) is 81.5 Å². The Bertz CT molecular complexity index is 1070. The standard InChI is InChI=1S/C22H22FN3O3S/c1-3-29-18-10-8-17(9-11-18)25-20(27)12-19-14(2)24-22(26-21(19)28)30-13-15-4-6-16(23)7-5-15/h4-11H,3,12-13H2,1-2H3,(H,25,27)(H,24,26,28). The van der Waals surface area contributed by atoms with Crippen molar-refractivity contribution in [2.24, 2.45) is 0 Å². The van der Waals surface area contributed by atoms with E-state index in [0.29, 0.717) is 34.5 Å². The number of anilines is 1. The summed E-state index contributed by atoms with van der Waals surface area (Å²) in [5, 5.41) is 3.23. The van der Waals surface area contributed by atoms with Crippen molar-refractivity contribution in [1.29, 1.82) is 0 Å². The number of hydrogen-bond acceptors (Lipinski definition) is 5. The Morgan fingerprint density at radius 3 is 2.50 bits per heavy atom. The first-order chi connectivity index (χ1) is 14.4. The number of thioether (sulfide) groups is 1. The number of aromatic amines is 1. The van der Waals surface area contributed by atoms with E-state index in [9.17, 15) is 14.0 Å². The molecule has 0 aliphatic carbocycles. The number of hydrogen-bond donors (Lipinski definition) is 2. The molecule has 2 N–H and O–H groups in total. The summed E-state index contributed by atoms with van der Waals surface area (Å²) in [6.45, 7) is 4.17. The van der Waals surface area contributed by atoms with Crippen LogP contribution < -0.4 is 15.6 Å². The van der Waals surface area contributed by atoms with Crippen LogP contribution in [-0.4, -0.2) is 22.5 Å². The van der Waals surface area contributed by atoms with Gasteiger partial charge in [-0.1, -0.05) is 23.9 Å². The minimum atomic E-state index is -0.342. The molecule has 156 valence electrons. The summed E-state index contributed by atoms with van der Waals surface area (Å²) in [6, 6.07) is 13.2. The second-order valence-electron chi connectivity index (χ2n) is 6.53. The fraction of sp³-hybridized carbons (Fsp3) is 0.227. The third-order valence-electron chi connectivity index (χ3n) is 4.28. The lowest BCUT2D eigenvalue weighted by Crippen LogP contribution is -2.23. The zero-order valence-corrected chi connectivity index (χ0v) is 17.5. The molecule has 0 atom stereocenters. The predicted molar refractivity (Wildman–Crippen MR) is 116 cm³/mol. The number of rotatable bonds is 8. The molecular formula is C22H22FN3O3S. The molecule has 1 amide bonds. The SMILES string of the molecule is CCOc1ccc(NC(=O)Cc2c(C)nc(SCc3ccc(F)cc3)[nH]c2=O)cc1. The highest BCUT2D eigenvalue weighted by atomic mass is 32.2. The summed E-state index contributed by atoms with van der Waals surface area (Å²) >= 11 is 1.34. The molecule has 0 unspecified atom stereocenters. The van der Waals surface area contributed by atoms with E-state index in [2.05, 4.69) is 15.3 Å². The van der Waals surface area contributed by atoms with Gasteiger partial charge in [0.15, 0.2) is 5.16 Å². The molecule has 0 radical (unpaired) electrons. The van der Waals surface area contributed by atoms with Crippen molar-refractivity contribution in [3.8, 4) is 5.75 Å². The maximum Gasteiger partial charge on any atom is 0.255 e. The zero-order valence-electron chi connectivity index (χ0n) is 16.7. The van der Waals surface area contributed by atoms with Crippen LogP contribution in [0.15, 0.2) is 58.5 Å². The van der Waals surface area contributed by atoms with Crippen molar-refractivity contribution in [2.75, 3.05) is 11.9 Å². The lowest BCUT2D eigenvalue weighted by Gasteiger charge is -2.09. The number of aromatic nitrogens is 2. The molecule has 0 aliphatic heterocycles. The average molecular weight is 428 g/mol. The number of aryl methyl sites for hydroxylation is 1. The number of carbonyl (C=O) groups is 1. The van der Waals surface area contributed by atoms with E-state index in [1.165, 1.54) is 23.9 Å². The smallest absolute Gasteiger partial charge is 0.255 e. The van der Waals surface area contributed by atoms with Gasteiger partial charge in [0.1, 0.15) is 11.6 Å². The number of nitrogens with one attached hydrogen (secondary N) is 2. The van der Waals surface area contributed by atoms with Crippen LogP contribution in [0.5, 0.6) is 5.75 Å². The van der Waals surface area contributed by atoms with Gasteiger partial charge in [-0.3, -0.25) is 9.59 Å². The molecule has 0 saturated carbocycles. The lowest BCUT2D eigenvalue weighted by molar-refractivity contribution is -0.115. The van der Waals surface area contributed by atoms with Crippen LogP contribution in [0, 0.1) is 12.7 Å². The Morgan fingerprint density at radius 2 is 1.87 bits per heavy atom. The van der Waals surface area contributed by atoms with E-state index in [1.807, 2.05) is 6.92 Å². The van der Waals surface area contributed by atoms with Crippen LogP contribution in [0.25, 0.3) is 0 Å². The van der Waals surface area contributed by atoms with Gasteiger partial charge in [-0.15, -0.1) is 0 Å². The number of H-pyrrole nitrogens is 1. The molecule has 1 aromatic heterocycles. The van der Waals surface area contributed by atoms with E-state index in [0.717, 1.165) is 11.3 Å². The molecule has 8 heteroatoms. The number of benzene rings is 2. The predicted octanol–water partition coefficient (Wildman–Crippen LogP) is 4.09. The van der Waals surface area contributed by atoms with Gasteiger partial charge in [-0.05, 0) is 55.8 Å². The number of nitrogens with zero attached hydrogens (tertiary/aromatic N) is 1. The van der Waals surface area contributed by atoms with Crippen LogP contribution in [0.4, 0.5) is 10.1 Å². The van der Waals surface area contributed by atoms with E-state index >= 15 is 0 Å². The van der Waals surface area contributed by atoms with E-state index in [-0.39, 0.29) is 23.7 Å². The highest BCUT2D eigenvalue weighted by molar-refractivity contribution is 7.98. The Hall–Kier alpha value is -3.13. The van der Waals surface area contributed by atoms with Gasteiger partial charge in [0.25, 0.3) is 5.56 Å². The van der Waals surface area contributed by atoms with Crippen LogP contribution in [-0.2, 0) is 17.0 Å². The first-order valence-electron chi connectivity index (χ1n) is 9.44. The van der Waals surface area contributed by atoms with Crippen LogP contribution in [0.1, 0.15) is 23.7 Å². The zero-order chi connectivity index (χ0) is 21.5. The highest BCUT2D eigenvalue weighted by Gasteiger charge is 2.13. The first kappa shape index (κ1) is 21.6. The topological polar surface area (TPSA) is 84.1 Å². The number of ether oxygens (including phenoxy) is 1. The van der Waals surface area contributed by atoms with Crippen molar-refractivity contribution in [1.82, 2.24) is 9.97 Å². The van der Waals surface area contributed by atoms with Gasteiger partial charge in [0, 0.05) is 22.7 Å². The molecule has 3 rings (SSSR count). The van der Waals surface area contributed by atoms with Crippen molar-refractivity contribution in [2.45, 2.75) is 31.2 Å². The second-order valence-corrected chi connectivity index (χ2v) is 7.50. The summed E-state index contributed by atoms with van der Waals surface area (Å²) in [6.07, 6.45) is -0.0791. The highest BCUT2D eigenvalue weighted by Crippen LogP contribution is 2.20. The quantitative estimate of drug-likeness (QED) is 0.418. The normalized spacial score (nSPS) is 10.6. The van der Waals surface area contributed by atoms with Crippen LogP contribution in [0.3, 0.4) is 0 Å². The van der Waals surface area contributed by atoms with Gasteiger partial charge >= 0.3 is 0 Å². The second kappa shape index (κ2) is 10.1. The molecular weight excluding hydrogens is 405 g/mol. The Morgan fingerprint density at radius 1 is 1.17 bits per heavy atom.